The maximum atomic E-state index is 11.7. The van der Waals surface area contributed by atoms with E-state index in [2.05, 4.69) is 6.58 Å². The lowest BCUT2D eigenvalue weighted by Gasteiger charge is -2.34. The van der Waals surface area contributed by atoms with Crippen LogP contribution >= 0.6 is 0 Å². The number of rotatable bonds is 5. The maximum Gasteiger partial charge on any atom is 0.333 e. The van der Waals surface area contributed by atoms with Gasteiger partial charge in [0.25, 0.3) is 0 Å². The molecular formula is C14H20O3. The number of allylic oxidation sites excluding steroid dienone is 2. The number of hydrogen-bond acceptors (Lipinski definition) is 3. The monoisotopic (exact) mass is 236 g/mol. The Bertz CT molecular complexity index is 343. The van der Waals surface area contributed by atoms with Gasteiger partial charge in [-0.2, -0.15) is 0 Å². The summed E-state index contributed by atoms with van der Waals surface area (Å²) >= 11 is 0. The van der Waals surface area contributed by atoms with Crippen LogP contribution in [0.25, 0.3) is 0 Å². The number of carbonyl (C=O) groups excluding carboxylic acids is 2. The SMILES string of the molecule is C=C[C@]1(CCC=O)C=C(C(=O)OC)[C@H](C)CC1. The Morgan fingerprint density at radius 2 is 2.41 bits per heavy atom. The minimum absolute atomic E-state index is 0.215. The van der Waals surface area contributed by atoms with E-state index in [-0.39, 0.29) is 17.3 Å². The van der Waals surface area contributed by atoms with Gasteiger partial charge in [-0.15, -0.1) is 6.58 Å². The first-order chi connectivity index (χ1) is 8.08. The van der Waals surface area contributed by atoms with E-state index in [1.54, 1.807) is 0 Å². The highest BCUT2D eigenvalue weighted by molar-refractivity contribution is 5.89. The van der Waals surface area contributed by atoms with Crippen LogP contribution in [-0.4, -0.2) is 19.4 Å². The van der Waals surface area contributed by atoms with Gasteiger partial charge in [0, 0.05) is 17.4 Å². The Morgan fingerprint density at radius 3 is 2.94 bits per heavy atom. The van der Waals surface area contributed by atoms with E-state index in [0.29, 0.717) is 18.4 Å². The summed E-state index contributed by atoms with van der Waals surface area (Å²) in [7, 11) is 1.39. The number of hydrogen-bond donors (Lipinski definition) is 0. The Hall–Kier alpha value is -1.38. The van der Waals surface area contributed by atoms with Crippen molar-refractivity contribution < 1.29 is 14.3 Å². The quantitative estimate of drug-likeness (QED) is 0.419. The Labute approximate surface area is 103 Å². The van der Waals surface area contributed by atoms with Crippen molar-refractivity contribution in [2.45, 2.75) is 32.6 Å². The summed E-state index contributed by atoms with van der Waals surface area (Å²) in [5, 5.41) is 0. The zero-order valence-electron chi connectivity index (χ0n) is 10.6. The van der Waals surface area contributed by atoms with Gasteiger partial charge < -0.3 is 9.53 Å². The third-order valence-corrected chi connectivity index (χ3v) is 3.57. The molecule has 2 atom stereocenters. The first-order valence-corrected chi connectivity index (χ1v) is 5.97. The molecule has 0 fully saturated rings. The van der Waals surface area contributed by atoms with E-state index in [1.807, 2.05) is 19.1 Å². The third kappa shape index (κ3) is 3.05. The van der Waals surface area contributed by atoms with Crippen molar-refractivity contribution in [2.24, 2.45) is 11.3 Å². The highest BCUT2D eigenvalue weighted by atomic mass is 16.5. The highest BCUT2D eigenvalue weighted by Crippen LogP contribution is 2.41. The van der Waals surface area contributed by atoms with Crippen LogP contribution in [0.4, 0.5) is 0 Å². The molecule has 0 aromatic carbocycles. The molecule has 0 aromatic heterocycles. The predicted molar refractivity (Wildman–Crippen MR) is 66.4 cm³/mol. The number of esters is 1. The lowest BCUT2D eigenvalue weighted by atomic mass is 9.70. The number of carbonyl (C=O) groups is 2. The van der Waals surface area contributed by atoms with Crippen LogP contribution in [0.3, 0.4) is 0 Å². The molecule has 0 radical (unpaired) electrons. The first-order valence-electron chi connectivity index (χ1n) is 5.97. The van der Waals surface area contributed by atoms with E-state index in [9.17, 15) is 9.59 Å². The normalized spacial score (nSPS) is 28.1. The average Bonchev–Trinajstić information content (AvgIpc) is 2.37. The Morgan fingerprint density at radius 1 is 1.71 bits per heavy atom. The van der Waals surface area contributed by atoms with Gasteiger partial charge in [-0.1, -0.05) is 19.1 Å². The summed E-state index contributed by atoms with van der Waals surface area (Å²) in [6, 6.07) is 0. The maximum absolute atomic E-state index is 11.7. The fourth-order valence-corrected chi connectivity index (χ4v) is 2.33. The van der Waals surface area contributed by atoms with E-state index in [0.717, 1.165) is 19.1 Å². The molecule has 0 amide bonds. The van der Waals surface area contributed by atoms with Crippen molar-refractivity contribution in [1.29, 1.82) is 0 Å². The molecule has 0 saturated heterocycles. The number of methoxy groups -OCH3 is 1. The van der Waals surface area contributed by atoms with Crippen LogP contribution in [0, 0.1) is 11.3 Å². The van der Waals surface area contributed by atoms with Gasteiger partial charge in [-0.3, -0.25) is 0 Å². The third-order valence-electron chi connectivity index (χ3n) is 3.57. The summed E-state index contributed by atoms with van der Waals surface area (Å²) < 4.78 is 4.79. The van der Waals surface area contributed by atoms with Crippen LogP contribution < -0.4 is 0 Å². The minimum Gasteiger partial charge on any atom is -0.466 e. The van der Waals surface area contributed by atoms with Crippen LogP contribution in [0.1, 0.15) is 32.6 Å². The van der Waals surface area contributed by atoms with Crippen molar-refractivity contribution in [3.05, 3.63) is 24.3 Å². The van der Waals surface area contributed by atoms with Crippen molar-refractivity contribution in [3.8, 4) is 0 Å². The molecule has 0 heterocycles. The van der Waals surface area contributed by atoms with Crippen LogP contribution in [0.5, 0.6) is 0 Å². The molecule has 1 aliphatic rings. The zero-order chi connectivity index (χ0) is 12.9. The van der Waals surface area contributed by atoms with Crippen molar-refractivity contribution >= 4 is 12.3 Å². The van der Waals surface area contributed by atoms with Crippen LogP contribution in [-0.2, 0) is 14.3 Å². The minimum atomic E-state index is -0.269. The standard InChI is InChI=1S/C14H20O3/c1-4-14(7-5-9-15)8-6-11(2)12(10-14)13(16)17-3/h4,9-11H,1,5-8H2,2-3H3/t11-,14-/m1/s1. The molecule has 0 N–H and O–H groups in total. The second kappa shape index (κ2) is 5.80. The summed E-state index contributed by atoms with van der Waals surface area (Å²) in [4.78, 5) is 22.2. The lowest BCUT2D eigenvalue weighted by Crippen LogP contribution is -2.26. The smallest absolute Gasteiger partial charge is 0.333 e. The summed E-state index contributed by atoms with van der Waals surface area (Å²) in [6.45, 7) is 5.86. The van der Waals surface area contributed by atoms with Crippen molar-refractivity contribution in [3.63, 3.8) is 0 Å². The molecule has 0 bridgehead atoms. The molecule has 0 saturated carbocycles. The fourth-order valence-electron chi connectivity index (χ4n) is 2.33. The fraction of sp³-hybridized carbons (Fsp3) is 0.571. The molecule has 1 rings (SSSR count). The van der Waals surface area contributed by atoms with E-state index in [4.69, 9.17) is 4.74 Å². The van der Waals surface area contributed by atoms with E-state index in [1.165, 1.54) is 7.11 Å². The van der Waals surface area contributed by atoms with E-state index < -0.39 is 0 Å². The lowest BCUT2D eigenvalue weighted by molar-refractivity contribution is -0.136. The van der Waals surface area contributed by atoms with Crippen LogP contribution in [0.2, 0.25) is 0 Å². The van der Waals surface area contributed by atoms with Gasteiger partial charge in [0.1, 0.15) is 6.29 Å². The number of ether oxygens (including phenoxy) is 1. The van der Waals surface area contributed by atoms with Gasteiger partial charge in [-0.25, -0.2) is 4.79 Å². The van der Waals surface area contributed by atoms with E-state index >= 15 is 0 Å². The first kappa shape index (κ1) is 13.7. The topological polar surface area (TPSA) is 43.4 Å². The molecule has 0 aliphatic heterocycles. The molecule has 17 heavy (non-hydrogen) atoms. The molecule has 3 heteroatoms. The molecule has 94 valence electrons. The predicted octanol–water partition coefficient (Wildman–Crippen LogP) is 2.67. The van der Waals surface area contributed by atoms with Crippen LogP contribution in [0.15, 0.2) is 24.3 Å². The summed E-state index contributed by atoms with van der Waals surface area (Å²) in [6.07, 6.45) is 7.78. The van der Waals surface area contributed by atoms with Crippen molar-refractivity contribution in [2.75, 3.05) is 7.11 Å². The largest absolute Gasteiger partial charge is 0.466 e. The van der Waals surface area contributed by atoms with Gasteiger partial charge in [0.05, 0.1) is 7.11 Å². The van der Waals surface area contributed by atoms with Gasteiger partial charge in [0.15, 0.2) is 0 Å². The highest BCUT2D eigenvalue weighted by Gasteiger charge is 2.33. The second-order valence-corrected chi connectivity index (χ2v) is 4.67. The number of aldehydes is 1. The second-order valence-electron chi connectivity index (χ2n) is 4.67. The van der Waals surface area contributed by atoms with Gasteiger partial charge in [0.2, 0.25) is 0 Å². The Kier molecular flexibility index (Phi) is 4.67. The average molecular weight is 236 g/mol. The van der Waals surface area contributed by atoms with Gasteiger partial charge in [-0.05, 0) is 25.2 Å². The molecular weight excluding hydrogens is 216 g/mol. The molecule has 0 unspecified atom stereocenters. The molecule has 0 aromatic rings. The summed E-state index contributed by atoms with van der Waals surface area (Å²) in [5.41, 5.74) is 0.487. The van der Waals surface area contributed by atoms with Gasteiger partial charge >= 0.3 is 5.97 Å². The van der Waals surface area contributed by atoms with Crippen molar-refractivity contribution in [1.82, 2.24) is 0 Å². The summed E-state index contributed by atoms with van der Waals surface area (Å²) in [5.74, 6) is -0.0544. The molecule has 1 aliphatic carbocycles. The molecule has 3 nitrogen and oxygen atoms in total. The molecule has 0 spiro atoms. The zero-order valence-corrected chi connectivity index (χ0v) is 10.6. The Balaban J connectivity index is 3.00.